The summed E-state index contributed by atoms with van der Waals surface area (Å²) in [5, 5.41) is 0.806. The number of hydrogen-bond acceptors (Lipinski definition) is 5. The summed E-state index contributed by atoms with van der Waals surface area (Å²) in [6.45, 7) is 2.18. The number of benzene rings is 1. The van der Waals surface area contributed by atoms with Gasteiger partial charge in [0.15, 0.2) is 0 Å². The van der Waals surface area contributed by atoms with Gasteiger partial charge in [0.25, 0.3) is 0 Å². The first kappa shape index (κ1) is 13.0. The minimum Gasteiger partial charge on any atom is -0.466 e. The molecule has 2 N–H and O–H groups in total. The number of nitrogen functional groups attached to an aromatic ring is 1. The lowest BCUT2D eigenvalue weighted by molar-refractivity contribution is -0.142. The summed E-state index contributed by atoms with van der Waals surface area (Å²) in [4.78, 5) is 19.3. The Bertz CT molecular complexity index is 623. The van der Waals surface area contributed by atoms with Crippen molar-refractivity contribution in [2.75, 3.05) is 12.3 Å². The Balaban J connectivity index is 2.15. The van der Waals surface area contributed by atoms with Gasteiger partial charge in [-0.15, -0.1) is 0 Å². The number of rotatable bonds is 4. The summed E-state index contributed by atoms with van der Waals surface area (Å²) >= 11 is 0. The molecule has 0 fully saturated rings. The third kappa shape index (κ3) is 3.28. The number of nitrogens with zero attached hydrogens (tertiary/aromatic N) is 2. The van der Waals surface area contributed by atoms with E-state index in [1.165, 1.54) is 6.33 Å². The fraction of sp³-hybridized carbons (Fsp3) is 0.214. The Hall–Kier alpha value is -2.43. The fourth-order valence-corrected chi connectivity index (χ4v) is 1.71. The zero-order valence-corrected chi connectivity index (χ0v) is 10.7. The van der Waals surface area contributed by atoms with Crippen molar-refractivity contribution in [2.24, 2.45) is 0 Å². The molecule has 0 radical (unpaired) electrons. The van der Waals surface area contributed by atoms with Crippen LogP contribution in [-0.2, 0) is 9.53 Å². The normalized spacial score (nSPS) is 11.0. The molecule has 0 saturated heterocycles. The lowest BCUT2D eigenvalue weighted by atomic mass is 10.1. The molecule has 0 aliphatic heterocycles. The predicted octanol–water partition coefficient (Wildman–Crippen LogP) is 2.18. The van der Waals surface area contributed by atoms with E-state index in [2.05, 4.69) is 9.97 Å². The van der Waals surface area contributed by atoms with Gasteiger partial charge in [-0.25, -0.2) is 9.97 Å². The van der Waals surface area contributed by atoms with Crippen molar-refractivity contribution in [3.8, 4) is 0 Å². The van der Waals surface area contributed by atoms with Crippen LogP contribution in [0.5, 0.6) is 0 Å². The highest BCUT2D eigenvalue weighted by Crippen LogP contribution is 2.18. The highest BCUT2D eigenvalue weighted by atomic mass is 16.5. The molecule has 0 amide bonds. The van der Waals surface area contributed by atoms with Gasteiger partial charge in [-0.2, -0.15) is 0 Å². The number of carbonyl (C=O) groups excluding carboxylic acids is 1. The molecule has 5 nitrogen and oxygen atoms in total. The summed E-state index contributed by atoms with van der Waals surface area (Å²) in [7, 11) is 0. The Morgan fingerprint density at radius 3 is 3.05 bits per heavy atom. The Labute approximate surface area is 111 Å². The van der Waals surface area contributed by atoms with Crippen LogP contribution in [0.15, 0.2) is 30.6 Å². The minimum absolute atomic E-state index is 0.234. The van der Waals surface area contributed by atoms with Gasteiger partial charge in [-0.3, -0.25) is 4.79 Å². The molecule has 5 heteroatoms. The van der Waals surface area contributed by atoms with Crippen LogP contribution in [0.25, 0.3) is 17.0 Å². The largest absolute Gasteiger partial charge is 0.466 e. The van der Waals surface area contributed by atoms with Crippen LogP contribution in [0.3, 0.4) is 0 Å². The molecular weight excluding hydrogens is 242 g/mol. The van der Waals surface area contributed by atoms with Crippen LogP contribution in [0, 0.1) is 0 Å². The molecule has 2 aromatic rings. The molecular formula is C14H15N3O2. The van der Waals surface area contributed by atoms with E-state index in [1.807, 2.05) is 24.3 Å². The maximum atomic E-state index is 11.2. The van der Waals surface area contributed by atoms with Crippen molar-refractivity contribution < 1.29 is 9.53 Å². The first-order chi connectivity index (χ1) is 9.20. The summed E-state index contributed by atoms with van der Waals surface area (Å²) in [5.74, 6) is 0.216. The number of anilines is 1. The summed E-state index contributed by atoms with van der Waals surface area (Å²) < 4.78 is 4.84. The minimum atomic E-state index is -0.234. The first-order valence-corrected chi connectivity index (χ1v) is 6.03. The zero-order chi connectivity index (χ0) is 13.7. The van der Waals surface area contributed by atoms with E-state index >= 15 is 0 Å². The van der Waals surface area contributed by atoms with Crippen molar-refractivity contribution >= 4 is 28.8 Å². The molecule has 0 aliphatic rings. The average Bonchev–Trinajstić information content (AvgIpc) is 2.40. The summed E-state index contributed by atoms with van der Waals surface area (Å²) in [6.07, 6.45) is 5.31. The van der Waals surface area contributed by atoms with E-state index in [0.717, 1.165) is 16.5 Å². The summed E-state index contributed by atoms with van der Waals surface area (Å²) in [5.41, 5.74) is 7.54. The van der Waals surface area contributed by atoms with Crippen LogP contribution in [0.1, 0.15) is 18.9 Å². The second kappa shape index (κ2) is 5.95. The van der Waals surface area contributed by atoms with Gasteiger partial charge in [0.1, 0.15) is 12.1 Å². The molecule has 19 heavy (non-hydrogen) atoms. The molecule has 0 saturated carbocycles. The maximum Gasteiger partial charge on any atom is 0.309 e. The van der Waals surface area contributed by atoms with Crippen molar-refractivity contribution in [1.29, 1.82) is 0 Å². The molecule has 0 atom stereocenters. The Morgan fingerprint density at radius 2 is 2.26 bits per heavy atom. The van der Waals surface area contributed by atoms with Crippen molar-refractivity contribution in [1.82, 2.24) is 9.97 Å². The second-order valence-electron chi connectivity index (χ2n) is 3.95. The topological polar surface area (TPSA) is 78.1 Å². The molecule has 1 aromatic carbocycles. The first-order valence-electron chi connectivity index (χ1n) is 6.03. The molecule has 0 aliphatic carbocycles. The standard InChI is InChI=1S/C14H15N3O2/c1-2-19-13(18)5-3-4-10-6-7-12-11(8-10)14(15)17-9-16-12/h3-4,6-9H,2,5H2,1H3,(H2,15,16,17). The lowest BCUT2D eigenvalue weighted by Gasteiger charge is -2.01. The van der Waals surface area contributed by atoms with Crippen LogP contribution in [0.2, 0.25) is 0 Å². The zero-order valence-electron chi connectivity index (χ0n) is 10.7. The molecule has 0 unspecified atom stereocenters. The Kier molecular flexibility index (Phi) is 4.07. The maximum absolute atomic E-state index is 11.2. The van der Waals surface area contributed by atoms with Gasteiger partial charge < -0.3 is 10.5 Å². The van der Waals surface area contributed by atoms with Crippen LogP contribution in [0.4, 0.5) is 5.82 Å². The van der Waals surface area contributed by atoms with Gasteiger partial charge in [-0.1, -0.05) is 18.2 Å². The van der Waals surface area contributed by atoms with E-state index in [4.69, 9.17) is 10.5 Å². The summed E-state index contributed by atoms with van der Waals surface area (Å²) in [6, 6.07) is 5.68. The smallest absolute Gasteiger partial charge is 0.309 e. The fourth-order valence-electron chi connectivity index (χ4n) is 1.71. The van der Waals surface area contributed by atoms with E-state index in [1.54, 1.807) is 13.0 Å². The molecule has 2 rings (SSSR count). The Morgan fingerprint density at radius 1 is 1.42 bits per heavy atom. The van der Waals surface area contributed by atoms with Gasteiger partial charge in [0.2, 0.25) is 0 Å². The number of esters is 1. The van der Waals surface area contributed by atoms with E-state index in [0.29, 0.717) is 12.4 Å². The van der Waals surface area contributed by atoms with E-state index < -0.39 is 0 Å². The molecule has 1 heterocycles. The molecule has 0 bridgehead atoms. The number of aromatic nitrogens is 2. The van der Waals surface area contributed by atoms with E-state index in [-0.39, 0.29) is 12.4 Å². The molecule has 0 spiro atoms. The third-order valence-electron chi connectivity index (χ3n) is 2.59. The third-order valence-corrected chi connectivity index (χ3v) is 2.59. The van der Waals surface area contributed by atoms with Crippen LogP contribution >= 0.6 is 0 Å². The van der Waals surface area contributed by atoms with Gasteiger partial charge >= 0.3 is 5.97 Å². The van der Waals surface area contributed by atoms with E-state index in [9.17, 15) is 4.79 Å². The van der Waals surface area contributed by atoms with Gasteiger partial charge in [0, 0.05) is 5.39 Å². The van der Waals surface area contributed by atoms with Crippen molar-refractivity contribution in [3.63, 3.8) is 0 Å². The second-order valence-corrected chi connectivity index (χ2v) is 3.95. The number of nitrogens with two attached hydrogens (primary N) is 1. The SMILES string of the molecule is CCOC(=O)CC=Cc1ccc2ncnc(N)c2c1. The highest BCUT2D eigenvalue weighted by molar-refractivity contribution is 5.89. The van der Waals surface area contributed by atoms with Crippen molar-refractivity contribution in [3.05, 3.63) is 36.2 Å². The monoisotopic (exact) mass is 257 g/mol. The quantitative estimate of drug-likeness (QED) is 0.849. The number of hydrogen-bond donors (Lipinski definition) is 1. The van der Waals surface area contributed by atoms with Gasteiger partial charge in [0.05, 0.1) is 18.5 Å². The van der Waals surface area contributed by atoms with Crippen LogP contribution < -0.4 is 5.73 Å². The number of ether oxygens (including phenoxy) is 1. The molecule has 1 aromatic heterocycles. The van der Waals surface area contributed by atoms with Gasteiger partial charge in [-0.05, 0) is 24.6 Å². The number of carbonyl (C=O) groups is 1. The van der Waals surface area contributed by atoms with Crippen molar-refractivity contribution in [2.45, 2.75) is 13.3 Å². The van der Waals surface area contributed by atoms with Crippen LogP contribution in [-0.4, -0.2) is 22.5 Å². The number of fused-ring (bicyclic) bond motifs is 1. The molecule has 98 valence electrons. The highest BCUT2D eigenvalue weighted by Gasteiger charge is 2.01. The average molecular weight is 257 g/mol. The predicted molar refractivity (Wildman–Crippen MR) is 74.2 cm³/mol. The lowest BCUT2D eigenvalue weighted by Crippen LogP contribution is -2.01.